The number of nitrogens with zero attached hydrogens (tertiary/aromatic N) is 1. The number of nitrogens with one attached hydrogen (secondary N) is 3. The van der Waals surface area contributed by atoms with Crippen LogP contribution in [-0.2, 0) is 11.3 Å². The first-order valence-corrected chi connectivity index (χ1v) is 9.09. The lowest BCUT2D eigenvalue weighted by Crippen LogP contribution is -2.45. The molecule has 0 saturated carbocycles. The van der Waals surface area contributed by atoms with Crippen molar-refractivity contribution in [2.45, 2.75) is 45.8 Å². The van der Waals surface area contributed by atoms with E-state index in [4.69, 9.17) is 4.74 Å². The molecule has 0 spiro atoms. The first kappa shape index (κ1) is 19.2. The molecule has 1 aromatic rings. The van der Waals surface area contributed by atoms with Crippen LogP contribution in [0.2, 0.25) is 0 Å². The minimum Gasteiger partial charge on any atom is -0.373 e. The number of carbonyl (C=O) groups excluding carboxylic acids is 1. The second kappa shape index (κ2) is 9.42. The van der Waals surface area contributed by atoms with Crippen LogP contribution in [0.1, 0.15) is 49.5 Å². The lowest BCUT2D eigenvalue weighted by Gasteiger charge is -2.24. The van der Waals surface area contributed by atoms with Crippen LogP contribution >= 0.6 is 0 Å². The van der Waals surface area contributed by atoms with E-state index in [9.17, 15) is 4.79 Å². The molecule has 0 bridgehead atoms. The average Bonchev–Trinajstić information content (AvgIpc) is 3.05. The summed E-state index contributed by atoms with van der Waals surface area (Å²) in [6.07, 6.45) is 2.17. The number of carbonyl (C=O) groups is 1. The van der Waals surface area contributed by atoms with Gasteiger partial charge in [0.1, 0.15) is 0 Å². The molecule has 1 atom stereocenters. The molecule has 1 aliphatic heterocycles. The summed E-state index contributed by atoms with van der Waals surface area (Å²) in [5.41, 5.74) is 1.55. The fourth-order valence-corrected chi connectivity index (χ4v) is 2.83. The number of guanidine groups is 1. The van der Waals surface area contributed by atoms with E-state index in [1.54, 1.807) is 0 Å². The van der Waals surface area contributed by atoms with E-state index >= 15 is 0 Å². The number of benzene rings is 1. The molecule has 2 rings (SSSR count). The largest absolute Gasteiger partial charge is 0.373 e. The number of ether oxygens (including phenoxy) is 1. The topological polar surface area (TPSA) is 74.8 Å². The van der Waals surface area contributed by atoms with Gasteiger partial charge in [0.2, 0.25) is 0 Å². The number of amides is 1. The maximum absolute atomic E-state index is 11.9. The van der Waals surface area contributed by atoms with Crippen LogP contribution in [0.5, 0.6) is 0 Å². The third-order valence-electron chi connectivity index (χ3n) is 4.22. The number of aliphatic imine (C=N–C) groups is 1. The van der Waals surface area contributed by atoms with Crippen LogP contribution in [0.15, 0.2) is 29.3 Å². The SMILES string of the molecule is CCNC(=O)c1cccc(CN=C(NCC)NCC2(C)CCCO2)c1. The maximum Gasteiger partial charge on any atom is 0.251 e. The summed E-state index contributed by atoms with van der Waals surface area (Å²) in [4.78, 5) is 16.6. The van der Waals surface area contributed by atoms with Gasteiger partial charge in [0.25, 0.3) is 5.91 Å². The van der Waals surface area contributed by atoms with Crippen molar-refractivity contribution in [3.8, 4) is 0 Å². The Labute approximate surface area is 150 Å². The van der Waals surface area contributed by atoms with Crippen molar-refractivity contribution in [1.82, 2.24) is 16.0 Å². The van der Waals surface area contributed by atoms with E-state index in [-0.39, 0.29) is 11.5 Å². The van der Waals surface area contributed by atoms with Crippen LogP contribution in [-0.4, -0.2) is 43.7 Å². The monoisotopic (exact) mass is 346 g/mol. The molecule has 1 fully saturated rings. The minimum absolute atomic E-state index is 0.0512. The summed E-state index contributed by atoms with van der Waals surface area (Å²) in [6, 6.07) is 7.58. The van der Waals surface area contributed by atoms with Gasteiger partial charge in [0.15, 0.2) is 5.96 Å². The number of hydrogen-bond acceptors (Lipinski definition) is 3. The predicted octanol–water partition coefficient (Wildman–Crippen LogP) is 2.06. The number of rotatable bonds is 7. The van der Waals surface area contributed by atoms with E-state index in [1.807, 2.05) is 38.1 Å². The van der Waals surface area contributed by atoms with Crippen LogP contribution in [0.25, 0.3) is 0 Å². The van der Waals surface area contributed by atoms with Gasteiger partial charge in [-0.1, -0.05) is 12.1 Å². The van der Waals surface area contributed by atoms with Crippen molar-refractivity contribution in [1.29, 1.82) is 0 Å². The lowest BCUT2D eigenvalue weighted by atomic mass is 10.0. The molecule has 1 amide bonds. The second-order valence-electron chi connectivity index (χ2n) is 6.51. The van der Waals surface area contributed by atoms with Gasteiger partial charge in [-0.25, -0.2) is 4.99 Å². The lowest BCUT2D eigenvalue weighted by molar-refractivity contribution is 0.0243. The zero-order chi connectivity index (χ0) is 18.1. The van der Waals surface area contributed by atoms with Gasteiger partial charge in [0.05, 0.1) is 12.1 Å². The van der Waals surface area contributed by atoms with E-state index in [0.29, 0.717) is 18.7 Å². The summed E-state index contributed by atoms with van der Waals surface area (Å²) in [5.74, 6) is 0.715. The molecule has 1 unspecified atom stereocenters. The Balaban J connectivity index is 1.98. The van der Waals surface area contributed by atoms with Crippen LogP contribution in [0.4, 0.5) is 0 Å². The molecule has 0 radical (unpaired) electrons. The molecule has 1 heterocycles. The summed E-state index contributed by atoms with van der Waals surface area (Å²) >= 11 is 0. The zero-order valence-electron chi connectivity index (χ0n) is 15.5. The fourth-order valence-electron chi connectivity index (χ4n) is 2.83. The van der Waals surface area contributed by atoms with Crippen molar-refractivity contribution in [2.24, 2.45) is 4.99 Å². The maximum atomic E-state index is 11.9. The van der Waals surface area contributed by atoms with Crippen LogP contribution in [0.3, 0.4) is 0 Å². The Bertz CT molecular complexity index is 595. The smallest absolute Gasteiger partial charge is 0.251 e. The minimum atomic E-state index is -0.117. The van der Waals surface area contributed by atoms with E-state index in [2.05, 4.69) is 27.9 Å². The Morgan fingerprint density at radius 1 is 1.24 bits per heavy atom. The van der Waals surface area contributed by atoms with Crippen molar-refractivity contribution in [3.63, 3.8) is 0 Å². The molecule has 1 aromatic carbocycles. The van der Waals surface area contributed by atoms with Crippen LogP contribution < -0.4 is 16.0 Å². The molecule has 6 nitrogen and oxygen atoms in total. The second-order valence-corrected chi connectivity index (χ2v) is 6.51. The molecule has 1 saturated heterocycles. The van der Waals surface area contributed by atoms with Gasteiger partial charge < -0.3 is 20.7 Å². The Kier molecular flexibility index (Phi) is 7.25. The van der Waals surface area contributed by atoms with Gasteiger partial charge in [0, 0.05) is 31.8 Å². The van der Waals surface area contributed by atoms with Crippen molar-refractivity contribution >= 4 is 11.9 Å². The van der Waals surface area contributed by atoms with Gasteiger partial charge in [-0.3, -0.25) is 4.79 Å². The fraction of sp³-hybridized carbons (Fsp3) is 0.579. The predicted molar refractivity (Wildman–Crippen MR) is 101 cm³/mol. The van der Waals surface area contributed by atoms with Crippen LogP contribution in [0, 0.1) is 0 Å². The highest BCUT2D eigenvalue weighted by Crippen LogP contribution is 2.23. The molecule has 0 aromatic heterocycles. The number of hydrogen-bond donors (Lipinski definition) is 3. The highest BCUT2D eigenvalue weighted by atomic mass is 16.5. The Morgan fingerprint density at radius 2 is 2.04 bits per heavy atom. The summed E-state index contributed by atoms with van der Waals surface area (Å²) in [5, 5.41) is 9.44. The quantitative estimate of drug-likeness (QED) is 0.522. The van der Waals surface area contributed by atoms with Gasteiger partial charge in [-0.05, 0) is 51.3 Å². The normalized spacial score (nSPS) is 20.4. The molecule has 1 aliphatic rings. The third-order valence-corrected chi connectivity index (χ3v) is 4.22. The summed E-state index contributed by atoms with van der Waals surface area (Å²) in [7, 11) is 0. The van der Waals surface area contributed by atoms with Gasteiger partial charge >= 0.3 is 0 Å². The molecule has 25 heavy (non-hydrogen) atoms. The van der Waals surface area contributed by atoms with E-state index < -0.39 is 0 Å². The molecular weight excluding hydrogens is 316 g/mol. The van der Waals surface area contributed by atoms with Gasteiger partial charge in [-0.15, -0.1) is 0 Å². The molecule has 3 N–H and O–H groups in total. The summed E-state index contributed by atoms with van der Waals surface area (Å²) in [6.45, 7) is 9.58. The third kappa shape index (κ3) is 6.05. The molecular formula is C19H30N4O2. The highest BCUT2D eigenvalue weighted by molar-refractivity contribution is 5.94. The standard InChI is InChI=1S/C19H30N4O2/c1-4-20-17(24)16-9-6-8-15(12-16)13-22-18(21-5-2)23-14-19(3)10-7-11-25-19/h6,8-9,12H,4-5,7,10-11,13-14H2,1-3H3,(H,20,24)(H2,21,22,23). The zero-order valence-corrected chi connectivity index (χ0v) is 15.5. The molecule has 138 valence electrons. The Morgan fingerprint density at radius 3 is 2.72 bits per heavy atom. The van der Waals surface area contributed by atoms with E-state index in [1.165, 1.54) is 0 Å². The Hall–Kier alpha value is -2.08. The average molecular weight is 346 g/mol. The highest BCUT2D eigenvalue weighted by Gasteiger charge is 2.29. The summed E-state index contributed by atoms with van der Waals surface area (Å²) < 4.78 is 5.81. The molecule has 6 heteroatoms. The molecule has 0 aliphatic carbocycles. The van der Waals surface area contributed by atoms with Crippen molar-refractivity contribution < 1.29 is 9.53 Å². The van der Waals surface area contributed by atoms with Gasteiger partial charge in [-0.2, -0.15) is 0 Å². The van der Waals surface area contributed by atoms with Crippen molar-refractivity contribution in [2.75, 3.05) is 26.2 Å². The first-order chi connectivity index (χ1) is 12.1. The van der Waals surface area contributed by atoms with Crippen molar-refractivity contribution in [3.05, 3.63) is 35.4 Å². The first-order valence-electron chi connectivity index (χ1n) is 9.09. The van der Waals surface area contributed by atoms with E-state index in [0.717, 1.165) is 44.1 Å².